The average molecular weight is 379 g/mol. The molecule has 0 aliphatic carbocycles. The number of esters is 1. The molecule has 1 aromatic carbocycles. The van der Waals surface area contributed by atoms with E-state index in [1.807, 2.05) is 0 Å². The number of thiazole rings is 2. The van der Waals surface area contributed by atoms with Crippen molar-refractivity contribution >= 4 is 49.9 Å². The van der Waals surface area contributed by atoms with Crippen LogP contribution in [0.3, 0.4) is 0 Å². The molecule has 130 valence electrons. The van der Waals surface area contributed by atoms with Crippen molar-refractivity contribution in [3.8, 4) is 0 Å². The number of halogens is 1. The molecule has 0 bridgehead atoms. The highest BCUT2D eigenvalue weighted by Gasteiger charge is 2.22. The Balaban J connectivity index is 1.73. The summed E-state index contributed by atoms with van der Waals surface area (Å²) in [7, 11) is 0. The van der Waals surface area contributed by atoms with E-state index >= 15 is 0 Å². The number of hydrogen-bond donors (Lipinski definition) is 1. The zero-order valence-corrected chi connectivity index (χ0v) is 15.3. The fourth-order valence-electron chi connectivity index (χ4n) is 1.91. The molecule has 0 saturated carbocycles. The molecule has 3 aromatic rings. The lowest BCUT2D eigenvalue weighted by atomic mass is 10.2. The Labute approximate surface area is 150 Å². The summed E-state index contributed by atoms with van der Waals surface area (Å²) in [6, 6.07) is 4.23. The van der Waals surface area contributed by atoms with Crippen molar-refractivity contribution in [1.82, 2.24) is 9.97 Å². The van der Waals surface area contributed by atoms with Crippen molar-refractivity contribution in [2.75, 3.05) is 5.32 Å². The van der Waals surface area contributed by atoms with E-state index in [9.17, 15) is 14.0 Å². The van der Waals surface area contributed by atoms with Crippen LogP contribution < -0.4 is 5.32 Å². The number of anilines is 1. The van der Waals surface area contributed by atoms with E-state index in [1.165, 1.54) is 28.8 Å². The molecule has 9 heteroatoms. The van der Waals surface area contributed by atoms with E-state index in [0.29, 0.717) is 10.6 Å². The fourth-order valence-corrected chi connectivity index (χ4v) is 3.42. The predicted molar refractivity (Wildman–Crippen MR) is 94.8 cm³/mol. The Morgan fingerprint density at radius 3 is 2.72 bits per heavy atom. The molecule has 1 amide bonds. The van der Waals surface area contributed by atoms with E-state index in [2.05, 4.69) is 15.3 Å². The van der Waals surface area contributed by atoms with E-state index < -0.39 is 23.3 Å². The number of benzene rings is 1. The summed E-state index contributed by atoms with van der Waals surface area (Å²) in [5.74, 6) is -1.46. The van der Waals surface area contributed by atoms with Crippen molar-refractivity contribution in [3.05, 3.63) is 40.1 Å². The van der Waals surface area contributed by atoms with Crippen LogP contribution in [0.2, 0.25) is 0 Å². The first-order valence-corrected chi connectivity index (χ1v) is 8.97. The molecular weight excluding hydrogens is 365 g/mol. The van der Waals surface area contributed by atoms with Crippen LogP contribution in [-0.2, 0) is 4.74 Å². The highest BCUT2D eigenvalue weighted by atomic mass is 32.1. The number of fused-ring (bicyclic) bond motifs is 1. The number of ether oxygens (including phenoxy) is 1. The molecular formula is C16H14FN3O3S2. The predicted octanol–water partition coefficient (Wildman–Crippen LogP) is 4.10. The molecule has 0 aliphatic rings. The maximum atomic E-state index is 13.2. The van der Waals surface area contributed by atoms with Gasteiger partial charge in [0, 0.05) is 11.4 Å². The molecule has 0 aliphatic heterocycles. The molecule has 3 rings (SSSR count). The zero-order valence-electron chi connectivity index (χ0n) is 13.6. The second kappa shape index (κ2) is 6.49. The lowest BCUT2D eigenvalue weighted by Crippen LogP contribution is -2.24. The molecule has 0 fully saturated rings. The van der Waals surface area contributed by atoms with Gasteiger partial charge in [0.05, 0.1) is 10.2 Å². The van der Waals surface area contributed by atoms with Crippen LogP contribution in [0.5, 0.6) is 0 Å². The first kappa shape index (κ1) is 17.4. The largest absolute Gasteiger partial charge is 0.455 e. The minimum Gasteiger partial charge on any atom is -0.455 e. The van der Waals surface area contributed by atoms with E-state index in [0.717, 1.165) is 16.0 Å². The number of amides is 1. The summed E-state index contributed by atoms with van der Waals surface area (Å²) >= 11 is 2.26. The second-order valence-electron chi connectivity index (χ2n) is 6.12. The van der Waals surface area contributed by atoms with Gasteiger partial charge in [0.1, 0.15) is 17.1 Å². The van der Waals surface area contributed by atoms with Crippen LogP contribution in [0.1, 0.15) is 41.1 Å². The lowest BCUT2D eigenvalue weighted by molar-refractivity contribution is 0.00691. The number of rotatable bonds is 3. The van der Waals surface area contributed by atoms with E-state index in [-0.39, 0.29) is 10.7 Å². The van der Waals surface area contributed by atoms with Crippen molar-refractivity contribution in [2.24, 2.45) is 0 Å². The van der Waals surface area contributed by atoms with Crippen molar-refractivity contribution in [3.63, 3.8) is 0 Å². The lowest BCUT2D eigenvalue weighted by Gasteiger charge is -2.18. The number of carbonyl (C=O) groups excluding carboxylic acids is 2. The van der Waals surface area contributed by atoms with Gasteiger partial charge in [0.25, 0.3) is 5.91 Å². The fraction of sp³-hybridized carbons (Fsp3) is 0.250. The van der Waals surface area contributed by atoms with Crippen LogP contribution >= 0.6 is 22.7 Å². The van der Waals surface area contributed by atoms with Gasteiger partial charge in [-0.05, 0) is 32.9 Å². The van der Waals surface area contributed by atoms with Crippen LogP contribution in [-0.4, -0.2) is 27.4 Å². The summed E-state index contributed by atoms with van der Waals surface area (Å²) in [5, 5.41) is 4.51. The van der Waals surface area contributed by atoms with Gasteiger partial charge in [-0.25, -0.2) is 19.2 Å². The van der Waals surface area contributed by atoms with Crippen molar-refractivity contribution in [1.29, 1.82) is 0 Å². The van der Waals surface area contributed by atoms with Crippen LogP contribution in [0.4, 0.5) is 9.52 Å². The minimum atomic E-state index is -0.637. The Bertz CT molecular complexity index is 959. The van der Waals surface area contributed by atoms with Gasteiger partial charge in [-0.1, -0.05) is 11.3 Å². The van der Waals surface area contributed by atoms with Crippen LogP contribution in [0.25, 0.3) is 10.2 Å². The third kappa shape index (κ3) is 4.18. The van der Waals surface area contributed by atoms with Crippen LogP contribution in [0, 0.1) is 5.82 Å². The van der Waals surface area contributed by atoms with Gasteiger partial charge < -0.3 is 4.74 Å². The Hall–Kier alpha value is -2.39. The van der Waals surface area contributed by atoms with Gasteiger partial charge >= 0.3 is 5.97 Å². The topological polar surface area (TPSA) is 81.2 Å². The molecule has 0 radical (unpaired) electrons. The SMILES string of the molecule is CC(C)(C)OC(=O)c1nc(C(=O)Nc2nc3cc(F)ccc3s2)cs1. The first-order chi connectivity index (χ1) is 11.7. The summed E-state index contributed by atoms with van der Waals surface area (Å²) in [6.45, 7) is 5.26. The standard InChI is InChI=1S/C16H14FN3O3S2/c1-16(2,3)23-14(22)13-18-10(7-24-13)12(21)20-15-19-9-6-8(17)4-5-11(9)25-15/h4-7H,1-3H3,(H,19,20,21). The molecule has 25 heavy (non-hydrogen) atoms. The first-order valence-electron chi connectivity index (χ1n) is 7.27. The molecule has 0 unspecified atom stereocenters. The molecule has 0 saturated heterocycles. The molecule has 2 heterocycles. The molecule has 0 atom stereocenters. The summed E-state index contributed by atoms with van der Waals surface area (Å²) in [5.41, 5.74) is -0.0779. The Kier molecular flexibility index (Phi) is 4.53. The van der Waals surface area contributed by atoms with Gasteiger partial charge in [0.2, 0.25) is 5.01 Å². The monoisotopic (exact) mass is 379 g/mol. The van der Waals surface area contributed by atoms with E-state index in [4.69, 9.17) is 4.74 Å². The zero-order chi connectivity index (χ0) is 18.2. The Morgan fingerprint density at radius 2 is 2.00 bits per heavy atom. The highest BCUT2D eigenvalue weighted by Crippen LogP contribution is 2.27. The third-order valence-corrected chi connectivity index (χ3v) is 4.65. The normalized spacial score (nSPS) is 11.5. The Morgan fingerprint density at radius 1 is 1.24 bits per heavy atom. The van der Waals surface area contributed by atoms with Crippen LogP contribution in [0.15, 0.2) is 23.6 Å². The summed E-state index contributed by atoms with van der Waals surface area (Å²) in [6.07, 6.45) is 0. The molecule has 1 N–H and O–H groups in total. The number of carbonyl (C=O) groups is 2. The summed E-state index contributed by atoms with van der Waals surface area (Å²) < 4.78 is 19.2. The van der Waals surface area contributed by atoms with Gasteiger partial charge in [-0.2, -0.15) is 0 Å². The molecule has 6 nitrogen and oxygen atoms in total. The number of hydrogen-bond acceptors (Lipinski definition) is 7. The van der Waals surface area contributed by atoms with Crippen molar-refractivity contribution < 1.29 is 18.7 Å². The number of nitrogens with zero attached hydrogens (tertiary/aromatic N) is 2. The van der Waals surface area contributed by atoms with E-state index in [1.54, 1.807) is 26.8 Å². The number of nitrogens with one attached hydrogen (secondary N) is 1. The van der Waals surface area contributed by atoms with Gasteiger partial charge in [-0.3, -0.25) is 10.1 Å². The highest BCUT2D eigenvalue weighted by molar-refractivity contribution is 7.22. The quantitative estimate of drug-likeness (QED) is 0.693. The smallest absolute Gasteiger partial charge is 0.367 e. The summed E-state index contributed by atoms with van der Waals surface area (Å²) in [4.78, 5) is 32.4. The molecule has 0 spiro atoms. The molecule has 2 aromatic heterocycles. The number of aromatic nitrogens is 2. The van der Waals surface area contributed by atoms with Gasteiger partial charge in [0.15, 0.2) is 5.13 Å². The second-order valence-corrected chi connectivity index (χ2v) is 8.01. The van der Waals surface area contributed by atoms with Gasteiger partial charge in [-0.15, -0.1) is 11.3 Å². The third-order valence-electron chi connectivity index (χ3n) is 2.88. The maximum Gasteiger partial charge on any atom is 0.367 e. The maximum absolute atomic E-state index is 13.2. The minimum absolute atomic E-state index is 0.0938. The average Bonchev–Trinajstić information content (AvgIpc) is 3.11. The van der Waals surface area contributed by atoms with Crippen molar-refractivity contribution in [2.45, 2.75) is 26.4 Å².